The van der Waals surface area contributed by atoms with Crippen molar-refractivity contribution >= 4 is 0 Å². The molecule has 0 unspecified atom stereocenters. The van der Waals surface area contributed by atoms with Crippen LogP contribution in [0.5, 0.6) is 0 Å². The Morgan fingerprint density at radius 3 is 2.86 bits per heavy atom. The molecule has 0 saturated carbocycles. The van der Waals surface area contributed by atoms with Gasteiger partial charge in [0.25, 0.3) is 0 Å². The second kappa shape index (κ2) is 5.70. The van der Waals surface area contributed by atoms with E-state index in [0.717, 1.165) is 13.0 Å². The van der Waals surface area contributed by atoms with Crippen LogP contribution in [0.4, 0.5) is 0 Å². The minimum absolute atomic E-state index is 0.798. The zero-order valence-corrected chi connectivity index (χ0v) is 4.68. The summed E-state index contributed by atoms with van der Waals surface area (Å²) in [5.74, 6) is 0. The SMILES string of the molecule is [CH2]C=CCCOC. The molecule has 0 aliphatic rings. The summed E-state index contributed by atoms with van der Waals surface area (Å²) in [5, 5.41) is 0. The molecule has 0 aromatic heterocycles. The Morgan fingerprint density at radius 1 is 1.71 bits per heavy atom. The highest BCUT2D eigenvalue weighted by Gasteiger charge is 1.72. The van der Waals surface area contributed by atoms with Crippen LogP contribution in [0.25, 0.3) is 0 Å². The molecule has 1 radical (unpaired) electrons. The molecule has 0 amide bonds. The molecule has 0 rings (SSSR count). The zero-order valence-electron chi connectivity index (χ0n) is 4.68. The molecule has 0 aliphatic carbocycles. The molecule has 0 spiro atoms. The Balaban J connectivity index is 2.69. The van der Waals surface area contributed by atoms with Gasteiger partial charge >= 0.3 is 0 Å². The van der Waals surface area contributed by atoms with Crippen molar-refractivity contribution in [2.24, 2.45) is 0 Å². The molecule has 1 heteroatoms. The van der Waals surface area contributed by atoms with Gasteiger partial charge in [-0.3, -0.25) is 0 Å². The normalized spacial score (nSPS) is 10.6. The van der Waals surface area contributed by atoms with Crippen LogP contribution in [0.15, 0.2) is 12.2 Å². The van der Waals surface area contributed by atoms with Gasteiger partial charge in [0.2, 0.25) is 0 Å². The van der Waals surface area contributed by atoms with E-state index in [2.05, 4.69) is 6.92 Å². The molecular formula is C6H11O. The van der Waals surface area contributed by atoms with Crippen molar-refractivity contribution in [1.29, 1.82) is 0 Å². The highest BCUT2D eigenvalue weighted by atomic mass is 16.5. The summed E-state index contributed by atoms with van der Waals surface area (Å²) in [4.78, 5) is 0. The van der Waals surface area contributed by atoms with E-state index in [1.807, 2.05) is 6.08 Å². The Bertz CT molecular complexity index is 48.1. The van der Waals surface area contributed by atoms with E-state index < -0.39 is 0 Å². The Kier molecular flexibility index (Phi) is 5.46. The summed E-state index contributed by atoms with van der Waals surface area (Å²) >= 11 is 0. The van der Waals surface area contributed by atoms with Gasteiger partial charge in [-0.25, -0.2) is 0 Å². The summed E-state index contributed by atoms with van der Waals surface area (Å²) in [6, 6.07) is 0. The van der Waals surface area contributed by atoms with Gasteiger partial charge in [-0.05, 0) is 13.3 Å². The molecule has 0 fully saturated rings. The summed E-state index contributed by atoms with van der Waals surface area (Å²) in [5.41, 5.74) is 0. The molecule has 0 N–H and O–H groups in total. The van der Waals surface area contributed by atoms with E-state index in [4.69, 9.17) is 4.74 Å². The number of hydrogen-bond donors (Lipinski definition) is 0. The van der Waals surface area contributed by atoms with Crippen LogP contribution in [0.1, 0.15) is 6.42 Å². The number of allylic oxidation sites excluding steroid dienone is 1. The fourth-order valence-electron chi connectivity index (χ4n) is 0.304. The average Bonchev–Trinajstić information content (AvgIpc) is 1.69. The first-order valence-electron chi connectivity index (χ1n) is 2.35. The van der Waals surface area contributed by atoms with Gasteiger partial charge in [0.15, 0.2) is 0 Å². The highest BCUT2D eigenvalue weighted by molar-refractivity contribution is 4.82. The van der Waals surface area contributed by atoms with E-state index in [-0.39, 0.29) is 0 Å². The van der Waals surface area contributed by atoms with Crippen molar-refractivity contribution in [2.45, 2.75) is 6.42 Å². The zero-order chi connectivity index (χ0) is 5.54. The van der Waals surface area contributed by atoms with Gasteiger partial charge in [0, 0.05) is 13.7 Å². The van der Waals surface area contributed by atoms with Crippen LogP contribution in [0.2, 0.25) is 0 Å². The summed E-state index contributed by atoms with van der Waals surface area (Å²) in [6.07, 6.45) is 4.72. The lowest BCUT2D eigenvalue weighted by atomic mass is 10.4. The molecule has 0 aromatic carbocycles. The van der Waals surface area contributed by atoms with Crippen molar-refractivity contribution in [1.82, 2.24) is 0 Å². The third-order valence-corrected chi connectivity index (χ3v) is 0.655. The molecule has 1 nitrogen and oxygen atoms in total. The molecule has 0 heterocycles. The van der Waals surface area contributed by atoms with E-state index in [0.29, 0.717) is 0 Å². The van der Waals surface area contributed by atoms with Gasteiger partial charge in [0.05, 0.1) is 0 Å². The molecule has 7 heavy (non-hydrogen) atoms. The van der Waals surface area contributed by atoms with Crippen molar-refractivity contribution in [2.75, 3.05) is 13.7 Å². The Hall–Kier alpha value is -0.300. The van der Waals surface area contributed by atoms with Crippen LogP contribution in [0, 0.1) is 6.92 Å². The van der Waals surface area contributed by atoms with E-state index in [1.165, 1.54) is 0 Å². The highest BCUT2D eigenvalue weighted by Crippen LogP contribution is 1.80. The van der Waals surface area contributed by atoms with E-state index in [1.54, 1.807) is 13.2 Å². The number of hydrogen-bond acceptors (Lipinski definition) is 1. The van der Waals surface area contributed by atoms with Gasteiger partial charge in [0.1, 0.15) is 0 Å². The fourth-order valence-corrected chi connectivity index (χ4v) is 0.304. The standard InChI is InChI=1S/C6H11O/c1-3-4-5-6-7-2/h3-4H,1,5-6H2,2H3. The van der Waals surface area contributed by atoms with E-state index >= 15 is 0 Å². The molecule has 0 bridgehead atoms. The summed E-state index contributed by atoms with van der Waals surface area (Å²) < 4.78 is 4.76. The van der Waals surface area contributed by atoms with Crippen molar-refractivity contribution in [3.63, 3.8) is 0 Å². The third-order valence-electron chi connectivity index (χ3n) is 0.655. The first-order valence-corrected chi connectivity index (χ1v) is 2.35. The third kappa shape index (κ3) is 5.70. The molecule has 0 aliphatic heterocycles. The number of ether oxygens (including phenoxy) is 1. The molecule has 0 atom stereocenters. The molecule has 41 valence electrons. The fraction of sp³-hybridized carbons (Fsp3) is 0.500. The lowest BCUT2D eigenvalue weighted by Crippen LogP contribution is -1.82. The quantitative estimate of drug-likeness (QED) is 0.486. The topological polar surface area (TPSA) is 9.23 Å². The van der Waals surface area contributed by atoms with Crippen molar-refractivity contribution in [3.05, 3.63) is 19.1 Å². The monoisotopic (exact) mass is 99.1 g/mol. The van der Waals surface area contributed by atoms with Crippen LogP contribution in [0.3, 0.4) is 0 Å². The second-order valence-electron chi connectivity index (χ2n) is 1.25. The maximum Gasteiger partial charge on any atom is 0.0496 e. The van der Waals surface area contributed by atoms with Gasteiger partial charge in [-0.1, -0.05) is 12.2 Å². The van der Waals surface area contributed by atoms with Gasteiger partial charge < -0.3 is 4.74 Å². The van der Waals surface area contributed by atoms with Crippen LogP contribution in [-0.2, 0) is 4.74 Å². The summed E-state index contributed by atoms with van der Waals surface area (Å²) in [6.45, 7) is 4.32. The van der Waals surface area contributed by atoms with Gasteiger partial charge in [-0.2, -0.15) is 0 Å². The van der Waals surface area contributed by atoms with Gasteiger partial charge in [-0.15, -0.1) is 0 Å². The Morgan fingerprint density at radius 2 is 2.43 bits per heavy atom. The largest absolute Gasteiger partial charge is 0.384 e. The maximum absolute atomic E-state index is 4.76. The number of rotatable bonds is 3. The first kappa shape index (κ1) is 6.70. The minimum Gasteiger partial charge on any atom is -0.384 e. The predicted octanol–water partition coefficient (Wildman–Crippen LogP) is 1.41. The van der Waals surface area contributed by atoms with Crippen molar-refractivity contribution in [3.8, 4) is 0 Å². The van der Waals surface area contributed by atoms with Crippen LogP contribution < -0.4 is 0 Å². The Labute approximate surface area is 45.0 Å². The second-order valence-corrected chi connectivity index (χ2v) is 1.25. The molecule has 0 aromatic rings. The van der Waals surface area contributed by atoms with Crippen molar-refractivity contribution < 1.29 is 4.74 Å². The molecular weight excluding hydrogens is 88.1 g/mol. The lowest BCUT2D eigenvalue weighted by Gasteiger charge is -1.87. The molecule has 0 saturated heterocycles. The smallest absolute Gasteiger partial charge is 0.0496 e. The minimum atomic E-state index is 0.798. The maximum atomic E-state index is 4.76. The summed E-state index contributed by atoms with van der Waals surface area (Å²) in [7, 11) is 1.69. The first-order chi connectivity index (χ1) is 3.41. The lowest BCUT2D eigenvalue weighted by molar-refractivity contribution is 0.204. The van der Waals surface area contributed by atoms with E-state index in [9.17, 15) is 0 Å². The average molecular weight is 99.2 g/mol. The van der Waals surface area contributed by atoms with Crippen LogP contribution in [-0.4, -0.2) is 13.7 Å². The predicted molar refractivity (Wildman–Crippen MR) is 31.0 cm³/mol. The van der Waals surface area contributed by atoms with Crippen LogP contribution >= 0.6 is 0 Å². The number of methoxy groups -OCH3 is 1.